The van der Waals surface area contributed by atoms with Gasteiger partial charge in [-0.2, -0.15) is 30.4 Å². The van der Waals surface area contributed by atoms with E-state index in [-0.39, 0.29) is 52.8 Å². The maximum atomic E-state index is 13.3. The summed E-state index contributed by atoms with van der Waals surface area (Å²) in [6, 6.07) is 23.2. The summed E-state index contributed by atoms with van der Waals surface area (Å²) in [5.41, 5.74) is 18.0. The van der Waals surface area contributed by atoms with Gasteiger partial charge in [-0.15, -0.1) is 0 Å². The molecule has 9 saturated heterocycles. The van der Waals surface area contributed by atoms with E-state index in [2.05, 4.69) is 54.2 Å². The molecule has 12 aliphatic heterocycles. The standard InChI is InChI=1S/C19H25ClN2O3.C19H26N2O3.2C18H23ClN2O3.C18H24N2O3.C17H21ClN2O3/c1-12-10-14(20)11-13(2)15(12)16-17(24-4)19(21(3)18(16)23)6-8-22(25-5)9-7-19;1-12-10-13(2)15(14(3)11-12)16-17(23-4)19(20-18(16)22)6-8-21(24-5)9-7-19;1-11-9-13(19)10-12(2)14(11)15-16(23-3)18(20-17(15)22)5-7-21(24-4)8-6-18;1-11-9-13(19)10-12(2)14(11)15-16(22)18(20(3)17(15)23)5-7-21(24-4)8-6-18;1-11-9-12(2)14(13(3)10-11)15-16(21)18(19-17(15)22)5-7-20(23-4)8-6-18;1-10-8-12(18)9-11(2)13(10)14-15(21)17(19-16(14)22)4-6-20(23-3)7-5-17/h10-11H,6-9H2,1-5H3;10-11H,6-9H2,1-5H3,(H,20,22);9-10H,5-8H2,1-4H3,(H,20,22);9-10,15H,5-8H2,1-4H3;9-10,15H,5-8H2,1-4H3,(H,19,22);8-9,14H,4-7H2,1-3H3,(H,19,22). The van der Waals surface area contributed by atoms with Crippen molar-refractivity contribution in [3.63, 3.8) is 0 Å². The van der Waals surface area contributed by atoms with Gasteiger partial charge < -0.3 is 74.3 Å². The Balaban J connectivity index is 0.000000144. The number of carbonyl (C=O) groups is 9. The van der Waals surface area contributed by atoms with Gasteiger partial charge in [-0.3, -0.25) is 43.2 Å². The normalized spacial score (nSPS) is 22.4. The summed E-state index contributed by atoms with van der Waals surface area (Å²) in [5, 5.41) is 26.2. The van der Waals surface area contributed by atoms with Crippen LogP contribution < -0.4 is 21.3 Å². The van der Waals surface area contributed by atoms with Gasteiger partial charge in [0.2, 0.25) is 17.7 Å². The molecule has 12 aliphatic rings. The molecule has 6 spiro atoms. The van der Waals surface area contributed by atoms with E-state index in [9.17, 15) is 43.2 Å². The number of ether oxygens (including phenoxy) is 3. The van der Waals surface area contributed by atoms with E-state index >= 15 is 0 Å². The topological polar surface area (TPSA) is 311 Å². The monoisotopic (exact) mass is 2050 g/mol. The molecule has 0 radical (unpaired) electrons. The first-order valence-corrected chi connectivity index (χ1v) is 50.6. The van der Waals surface area contributed by atoms with E-state index in [1.54, 1.807) is 75.9 Å². The maximum Gasteiger partial charge on any atom is 0.258 e. The van der Waals surface area contributed by atoms with Crippen LogP contribution in [0.15, 0.2) is 90.1 Å². The number of halogens is 4. The van der Waals surface area contributed by atoms with E-state index in [0.717, 1.165) is 201 Å². The molecule has 0 aromatic heterocycles. The van der Waals surface area contributed by atoms with Gasteiger partial charge in [0.15, 0.2) is 17.3 Å². The quantitative estimate of drug-likeness (QED) is 0.0694. The molecule has 3 unspecified atom stereocenters. The van der Waals surface area contributed by atoms with Crippen molar-refractivity contribution in [1.82, 2.24) is 61.4 Å². The van der Waals surface area contributed by atoms with Crippen molar-refractivity contribution in [3.8, 4) is 0 Å². The molecule has 30 nitrogen and oxygen atoms in total. The first kappa shape index (κ1) is 111. The molecule has 143 heavy (non-hydrogen) atoms. The minimum absolute atomic E-state index is 0.0104. The molecule has 6 aromatic rings. The van der Waals surface area contributed by atoms with Gasteiger partial charge in [0, 0.05) is 113 Å². The van der Waals surface area contributed by atoms with Gasteiger partial charge in [0.05, 0.1) is 80.7 Å². The summed E-state index contributed by atoms with van der Waals surface area (Å²) < 4.78 is 17.4. The lowest BCUT2D eigenvalue weighted by Crippen LogP contribution is -2.54. The number of carbonyl (C=O) groups excluding carboxylic acids is 9. The summed E-state index contributed by atoms with van der Waals surface area (Å²) in [4.78, 5) is 152. The smallest absolute Gasteiger partial charge is 0.258 e. The Morgan fingerprint density at radius 1 is 0.273 bits per heavy atom. The van der Waals surface area contributed by atoms with Crippen LogP contribution in [0.4, 0.5) is 0 Å². The predicted octanol–water partition coefficient (Wildman–Crippen LogP) is 14.9. The number of hydrogen-bond acceptors (Lipinski definition) is 24. The Morgan fingerprint density at radius 3 is 0.797 bits per heavy atom. The summed E-state index contributed by atoms with van der Waals surface area (Å²) in [6.45, 7) is 36.1. The number of piperidine rings is 6. The van der Waals surface area contributed by atoms with Gasteiger partial charge >= 0.3 is 0 Å². The van der Waals surface area contributed by atoms with Crippen molar-refractivity contribution >= 4 is 116 Å². The van der Waals surface area contributed by atoms with Crippen LogP contribution in [0.2, 0.25) is 20.1 Å². The first-order chi connectivity index (χ1) is 67.7. The van der Waals surface area contributed by atoms with Crippen LogP contribution in [0.3, 0.4) is 0 Å². The Bertz CT molecular complexity index is 5650. The van der Waals surface area contributed by atoms with E-state index in [1.807, 2.05) is 179 Å². The minimum Gasteiger partial charge on any atom is -0.498 e. The number of nitrogens with zero attached hydrogens (tertiary/aromatic N) is 8. The zero-order valence-corrected chi connectivity index (χ0v) is 90.6. The van der Waals surface area contributed by atoms with Crippen molar-refractivity contribution < 1.29 is 86.4 Å². The number of aryl methyl sites for hydroxylation is 14. The summed E-state index contributed by atoms with van der Waals surface area (Å²) in [7, 11) is 18.5. The van der Waals surface area contributed by atoms with E-state index in [4.69, 9.17) is 89.6 Å². The summed E-state index contributed by atoms with van der Waals surface area (Å²) in [5.74, 6) is -0.411. The molecular formula is C109H142Cl4N12O18. The van der Waals surface area contributed by atoms with Crippen LogP contribution in [-0.2, 0) is 86.4 Å². The van der Waals surface area contributed by atoms with E-state index < -0.39 is 51.0 Å². The predicted molar refractivity (Wildman–Crippen MR) is 551 cm³/mol. The van der Waals surface area contributed by atoms with E-state index in [0.29, 0.717) is 115 Å². The Hall–Kier alpha value is -9.55. The highest BCUT2D eigenvalue weighted by molar-refractivity contribution is 6.33. The highest BCUT2D eigenvalue weighted by Crippen LogP contribution is 2.51. The summed E-state index contributed by atoms with van der Waals surface area (Å²) >= 11 is 24.5. The number of nitrogens with one attached hydrogen (secondary N) is 4. The van der Waals surface area contributed by atoms with Crippen LogP contribution in [0.1, 0.15) is 206 Å². The Morgan fingerprint density at radius 2 is 0.510 bits per heavy atom. The molecule has 12 heterocycles. The number of amides is 6. The first-order valence-electron chi connectivity index (χ1n) is 49.1. The second kappa shape index (κ2) is 45.0. The number of hydroxylamine groups is 12. The number of likely N-dealkylation sites (tertiary alicyclic amines) is 1. The van der Waals surface area contributed by atoms with Crippen molar-refractivity contribution in [1.29, 1.82) is 0 Å². The van der Waals surface area contributed by atoms with Crippen molar-refractivity contribution in [2.45, 2.75) is 225 Å². The lowest BCUT2D eigenvalue weighted by molar-refractivity contribution is -0.165. The fraction of sp³-hybridized carbons (Fsp3) is 0.532. The molecule has 34 heteroatoms. The summed E-state index contributed by atoms with van der Waals surface area (Å²) in [6.07, 6.45) is 8.19. The fourth-order valence-corrected chi connectivity index (χ4v) is 25.8. The van der Waals surface area contributed by atoms with Gasteiger partial charge in [-0.05, 0) is 323 Å². The van der Waals surface area contributed by atoms with Crippen molar-refractivity contribution in [2.75, 3.05) is 157 Å². The van der Waals surface area contributed by atoms with Crippen LogP contribution in [-0.4, -0.2) is 283 Å². The SMILES string of the molecule is COC1=C(c2c(C)cc(C)cc2C)C(=O)NC12CCN(OC)CC2.COC1=C(c2c(C)cc(Cl)cc2C)C(=O)N(C)C12CCN(OC)CC2.COC1=C(c2c(C)cc(Cl)cc2C)C(=O)NC12CCN(OC)CC2.CON1CCC2(CC1)C(=O)C(c1c(C)cc(Cl)cc1C)C(=O)N2C.CON1CCC2(CC1)NC(=O)C(c1c(C)cc(C)cc1C)C2=O.CON1CCC2(CC1)NC(=O)C(c1c(C)cc(Cl)cc1C)C2=O. The largest absolute Gasteiger partial charge is 0.498 e. The molecule has 9 fully saturated rings. The third kappa shape index (κ3) is 21.4. The molecule has 6 amide bonds. The number of ketones is 3. The highest BCUT2D eigenvalue weighted by atomic mass is 35.5. The molecular weight excluding hydrogens is 1910 g/mol. The van der Waals surface area contributed by atoms with Crippen LogP contribution >= 0.6 is 46.4 Å². The van der Waals surface area contributed by atoms with E-state index in [1.165, 1.54) is 5.56 Å². The van der Waals surface area contributed by atoms with Crippen LogP contribution in [0, 0.1) is 96.9 Å². The van der Waals surface area contributed by atoms with Gasteiger partial charge in [-0.25, -0.2) is 0 Å². The number of rotatable bonds is 15. The molecule has 0 saturated carbocycles. The minimum atomic E-state index is -0.755. The van der Waals surface area contributed by atoms with Crippen molar-refractivity contribution in [2.24, 2.45) is 0 Å². The number of Topliss-reactive ketones (excluding diaryl/α,β-unsaturated/α-hetero) is 3. The molecule has 18 rings (SSSR count). The average molecular weight is 2050 g/mol. The number of hydrogen-bond donors (Lipinski definition) is 4. The van der Waals surface area contributed by atoms with Crippen molar-refractivity contribution in [3.05, 3.63) is 221 Å². The number of methoxy groups -OCH3 is 3. The molecule has 3 atom stereocenters. The van der Waals surface area contributed by atoms with Crippen LogP contribution in [0.5, 0.6) is 0 Å². The lowest BCUT2D eigenvalue weighted by atomic mass is 9.79. The Kier molecular flexibility index (Phi) is 34.8. The van der Waals surface area contributed by atoms with Crippen LogP contribution in [0.25, 0.3) is 16.7 Å². The molecule has 0 bridgehead atoms. The second-order valence-electron chi connectivity index (χ2n) is 40.1. The third-order valence-corrected chi connectivity index (χ3v) is 32.5. The van der Waals surface area contributed by atoms with Gasteiger partial charge in [0.1, 0.15) is 68.3 Å². The molecule has 6 aromatic carbocycles. The molecule has 4 N–H and O–H groups in total. The number of benzene rings is 6. The zero-order valence-electron chi connectivity index (χ0n) is 87.6. The lowest BCUT2D eigenvalue weighted by Gasteiger charge is -2.43. The average Bonchev–Trinajstić information content (AvgIpc) is 1.57. The maximum absolute atomic E-state index is 13.3. The highest BCUT2D eigenvalue weighted by Gasteiger charge is 2.61. The third-order valence-electron chi connectivity index (χ3n) is 31.7. The molecule has 774 valence electrons. The molecule has 0 aliphatic carbocycles. The zero-order chi connectivity index (χ0) is 105. The Labute approximate surface area is 861 Å². The van der Waals surface area contributed by atoms with Gasteiger partial charge in [0.25, 0.3) is 17.7 Å². The van der Waals surface area contributed by atoms with Gasteiger partial charge in [-0.1, -0.05) is 81.8 Å². The fourth-order valence-electron chi connectivity index (χ4n) is 24.5. The number of likely N-dealkylation sites (N-methyl/N-ethyl adjacent to an activating group) is 2. The second-order valence-corrected chi connectivity index (χ2v) is 41.9.